The number of nitrogens with zero attached hydrogens (tertiary/aromatic N) is 2. The number of hydrogen-bond donors (Lipinski definition) is 1. The zero-order chi connectivity index (χ0) is 25.9. The molecule has 4 rings (SSSR count). The maximum atomic E-state index is 13.9. The summed E-state index contributed by atoms with van der Waals surface area (Å²) in [6.45, 7) is 1.98. The lowest BCUT2D eigenvalue weighted by atomic mass is 10.2. The van der Waals surface area contributed by atoms with Crippen LogP contribution in [-0.4, -0.2) is 37.3 Å². The average molecular weight is 527 g/mol. The molecule has 2 aromatic heterocycles. The summed E-state index contributed by atoms with van der Waals surface area (Å²) < 4.78 is 39.3. The number of hydrogen-bond acceptors (Lipinski definition) is 8. The van der Waals surface area contributed by atoms with Crippen molar-refractivity contribution in [2.45, 2.75) is 36.0 Å². The number of thiophene rings is 1. The van der Waals surface area contributed by atoms with Crippen molar-refractivity contribution in [2.75, 3.05) is 14.2 Å². The van der Waals surface area contributed by atoms with Gasteiger partial charge in [0.2, 0.25) is 15.7 Å². The Labute approximate surface area is 213 Å². The van der Waals surface area contributed by atoms with E-state index in [0.717, 1.165) is 16.9 Å². The van der Waals surface area contributed by atoms with Crippen molar-refractivity contribution in [2.24, 2.45) is 0 Å². The number of unbranched alkanes of at least 4 members (excludes halogenated alkanes) is 1. The van der Waals surface area contributed by atoms with Gasteiger partial charge in [-0.2, -0.15) is 4.98 Å². The molecule has 0 aliphatic carbocycles. The number of rotatable bonds is 9. The average Bonchev–Trinajstić information content (AvgIpc) is 3.42. The number of aromatic hydroxyl groups is 1. The molecule has 0 fully saturated rings. The summed E-state index contributed by atoms with van der Waals surface area (Å²) in [4.78, 5) is 18.1. The van der Waals surface area contributed by atoms with Crippen molar-refractivity contribution in [3.63, 3.8) is 0 Å². The van der Waals surface area contributed by atoms with Crippen LogP contribution in [0, 0.1) is 0 Å². The zero-order valence-electron chi connectivity index (χ0n) is 20.1. The Morgan fingerprint density at radius 3 is 2.22 bits per heavy atom. The molecule has 0 aliphatic heterocycles. The van der Waals surface area contributed by atoms with Gasteiger partial charge in [-0.05, 0) is 47.7 Å². The van der Waals surface area contributed by atoms with E-state index in [4.69, 9.17) is 9.47 Å². The molecule has 0 saturated carbocycles. The molecule has 0 atom stereocenters. The summed E-state index contributed by atoms with van der Waals surface area (Å²) in [5.41, 5.74) is 0.131. The third-order valence-corrected chi connectivity index (χ3v) is 8.42. The molecule has 0 saturated heterocycles. The first-order valence-electron chi connectivity index (χ1n) is 11.3. The highest BCUT2D eigenvalue weighted by atomic mass is 32.2. The molecule has 0 spiro atoms. The third-order valence-electron chi connectivity index (χ3n) is 5.71. The summed E-state index contributed by atoms with van der Waals surface area (Å²) >= 11 is 1.53. The van der Waals surface area contributed by atoms with Gasteiger partial charge in [0.05, 0.1) is 19.1 Å². The van der Waals surface area contributed by atoms with Crippen LogP contribution in [0.3, 0.4) is 0 Å². The second-order valence-electron chi connectivity index (χ2n) is 7.94. The van der Waals surface area contributed by atoms with E-state index in [1.807, 2.05) is 24.4 Å². The van der Waals surface area contributed by atoms with Gasteiger partial charge in [0, 0.05) is 11.3 Å². The van der Waals surface area contributed by atoms with Crippen LogP contribution in [0.4, 0.5) is 0 Å². The highest BCUT2D eigenvalue weighted by molar-refractivity contribution is 7.91. The van der Waals surface area contributed by atoms with Crippen molar-refractivity contribution in [1.82, 2.24) is 9.55 Å². The van der Waals surface area contributed by atoms with Crippen LogP contribution < -0.4 is 15.0 Å². The van der Waals surface area contributed by atoms with E-state index >= 15 is 0 Å². The van der Waals surface area contributed by atoms with Crippen LogP contribution in [0.15, 0.2) is 74.6 Å². The van der Waals surface area contributed by atoms with Crippen LogP contribution in [0.25, 0.3) is 16.1 Å². The molecule has 8 nitrogen and oxygen atoms in total. The molecule has 0 amide bonds. The largest absolute Gasteiger partial charge is 0.494 e. The number of aryl methyl sites for hydroxylation is 1. The molecule has 1 N–H and O–H groups in total. The fourth-order valence-electron chi connectivity index (χ4n) is 3.92. The molecular formula is C26H26N2O6S2. The van der Waals surface area contributed by atoms with Crippen molar-refractivity contribution >= 4 is 21.2 Å². The lowest BCUT2D eigenvalue weighted by molar-refractivity contribution is 0.386. The highest BCUT2D eigenvalue weighted by Crippen LogP contribution is 2.34. The van der Waals surface area contributed by atoms with Crippen LogP contribution >= 0.6 is 11.3 Å². The van der Waals surface area contributed by atoms with Gasteiger partial charge in [0.25, 0.3) is 5.56 Å². The fourth-order valence-corrected chi connectivity index (χ4v) is 5.99. The van der Waals surface area contributed by atoms with Crippen LogP contribution in [0.5, 0.6) is 17.4 Å². The Morgan fingerprint density at radius 2 is 1.67 bits per heavy atom. The van der Waals surface area contributed by atoms with Gasteiger partial charge < -0.3 is 14.6 Å². The second kappa shape index (κ2) is 10.5. The molecule has 10 heteroatoms. The van der Waals surface area contributed by atoms with E-state index in [-0.39, 0.29) is 16.4 Å². The predicted molar refractivity (Wildman–Crippen MR) is 138 cm³/mol. The molecule has 0 bridgehead atoms. The standard InChI is InChI=1S/C26H26N2O6S2/c1-4-5-11-22-27-25(29)24(26(30)28(22)23-19(33-2)8-6-9-20(23)34-3)36(31,32)18-14-12-17(13-15-18)21-10-7-16-35-21/h6-10,12-16,29H,4-5,11H2,1-3H3. The zero-order valence-corrected chi connectivity index (χ0v) is 21.7. The summed E-state index contributed by atoms with van der Waals surface area (Å²) in [6, 6.07) is 15.0. The van der Waals surface area contributed by atoms with E-state index in [0.29, 0.717) is 24.3 Å². The van der Waals surface area contributed by atoms with E-state index in [9.17, 15) is 18.3 Å². The van der Waals surface area contributed by atoms with Crippen LogP contribution in [0.1, 0.15) is 25.6 Å². The lowest BCUT2D eigenvalue weighted by Crippen LogP contribution is -2.29. The summed E-state index contributed by atoms with van der Waals surface area (Å²) in [5, 5.41) is 12.7. The molecule has 188 valence electrons. The van der Waals surface area contributed by atoms with Gasteiger partial charge in [-0.3, -0.25) is 9.36 Å². The molecule has 0 aliphatic rings. The summed E-state index contributed by atoms with van der Waals surface area (Å²) in [6.07, 6.45) is 1.80. The first-order chi connectivity index (χ1) is 17.3. The van der Waals surface area contributed by atoms with Crippen molar-refractivity contribution < 1.29 is 23.0 Å². The monoisotopic (exact) mass is 526 g/mol. The Hall–Kier alpha value is -3.63. The number of sulfone groups is 1. The topological polar surface area (TPSA) is 108 Å². The van der Waals surface area contributed by atoms with E-state index in [2.05, 4.69) is 4.98 Å². The quantitative estimate of drug-likeness (QED) is 0.332. The van der Waals surface area contributed by atoms with E-state index in [1.54, 1.807) is 30.3 Å². The maximum Gasteiger partial charge on any atom is 0.281 e. The van der Waals surface area contributed by atoms with Gasteiger partial charge >= 0.3 is 0 Å². The van der Waals surface area contributed by atoms with Gasteiger partial charge in [-0.25, -0.2) is 8.42 Å². The normalized spacial score (nSPS) is 11.4. The minimum Gasteiger partial charge on any atom is -0.494 e. The molecular weight excluding hydrogens is 500 g/mol. The highest BCUT2D eigenvalue weighted by Gasteiger charge is 2.31. The third kappa shape index (κ3) is 4.61. The molecule has 0 unspecified atom stereocenters. The number of para-hydroxylation sites is 1. The smallest absolute Gasteiger partial charge is 0.281 e. The van der Waals surface area contributed by atoms with Gasteiger partial charge in [-0.1, -0.05) is 37.6 Å². The number of aromatic nitrogens is 2. The molecule has 2 aromatic carbocycles. The van der Waals surface area contributed by atoms with Crippen molar-refractivity contribution in [1.29, 1.82) is 0 Å². The maximum absolute atomic E-state index is 13.9. The van der Waals surface area contributed by atoms with Crippen molar-refractivity contribution in [3.05, 3.63) is 76.2 Å². The van der Waals surface area contributed by atoms with Gasteiger partial charge in [0.15, 0.2) is 4.90 Å². The molecule has 2 heterocycles. The minimum absolute atomic E-state index is 0.128. The molecule has 0 radical (unpaired) electrons. The van der Waals surface area contributed by atoms with Gasteiger partial charge in [-0.15, -0.1) is 11.3 Å². The minimum atomic E-state index is -4.42. The summed E-state index contributed by atoms with van der Waals surface area (Å²) in [7, 11) is -1.54. The Morgan fingerprint density at radius 1 is 1.00 bits per heavy atom. The number of methoxy groups -OCH3 is 2. The van der Waals surface area contributed by atoms with Gasteiger partial charge in [0.1, 0.15) is 23.0 Å². The Balaban J connectivity index is 1.95. The first kappa shape index (κ1) is 25.5. The predicted octanol–water partition coefficient (Wildman–Crippen LogP) is 4.86. The Kier molecular flexibility index (Phi) is 7.46. The lowest BCUT2D eigenvalue weighted by Gasteiger charge is -2.19. The van der Waals surface area contributed by atoms with Crippen LogP contribution in [-0.2, 0) is 16.3 Å². The van der Waals surface area contributed by atoms with Crippen LogP contribution in [0.2, 0.25) is 0 Å². The number of benzene rings is 2. The number of ether oxygens (including phenoxy) is 2. The van der Waals surface area contributed by atoms with E-state index in [1.165, 1.54) is 42.3 Å². The van der Waals surface area contributed by atoms with Crippen molar-refractivity contribution in [3.8, 4) is 33.5 Å². The Bertz CT molecular complexity index is 1500. The van der Waals surface area contributed by atoms with E-state index < -0.39 is 26.2 Å². The summed E-state index contributed by atoms with van der Waals surface area (Å²) in [5.74, 6) is -0.0385. The second-order valence-corrected chi connectivity index (χ2v) is 10.8. The fraction of sp³-hybridized carbons (Fsp3) is 0.231. The molecule has 4 aromatic rings. The first-order valence-corrected chi connectivity index (χ1v) is 13.6. The molecule has 36 heavy (non-hydrogen) atoms. The SMILES string of the molecule is CCCCc1nc(O)c(S(=O)(=O)c2ccc(-c3cccs3)cc2)c(=O)n1-c1c(OC)cccc1OC.